The number of hydrogen-bond donors (Lipinski definition) is 0. The molecular weight excluding hydrogens is 378 g/mol. The smallest absolute Gasteiger partial charge is 0.305 e. The van der Waals surface area contributed by atoms with Crippen molar-refractivity contribution in [1.82, 2.24) is 24.7 Å². The minimum Gasteiger partial charge on any atom is -0.341 e. The van der Waals surface area contributed by atoms with Gasteiger partial charge in [-0.25, -0.2) is 9.97 Å². The molecule has 1 aromatic carbocycles. The van der Waals surface area contributed by atoms with Crippen LogP contribution in [0.25, 0.3) is 5.69 Å². The molecule has 3 heterocycles. The topological polar surface area (TPSA) is 103 Å². The van der Waals surface area contributed by atoms with Crippen LogP contribution in [-0.2, 0) is 0 Å². The molecule has 0 N–H and O–H groups in total. The third-order valence-corrected chi connectivity index (χ3v) is 5.40. The predicted molar refractivity (Wildman–Crippen MR) is 105 cm³/mol. The van der Waals surface area contributed by atoms with Gasteiger partial charge in [-0.2, -0.15) is 0 Å². The number of benzene rings is 1. The molecule has 28 heavy (non-hydrogen) atoms. The van der Waals surface area contributed by atoms with Gasteiger partial charge in [-0.05, 0) is 50.1 Å². The first kappa shape index (κ1) is 18.4. The fourth-order valence-electron chi connectivity index (χ4n) is 3.08. The zero-order valence-corrected chi connectivity index (χ0v) is 16.2. The maximum absolute atomic E-state index is 10.8. The summed E-state index contributed by atoms with van der Waals surface area (Å²) < 4.78 is 2.00. The van der Waals surface area contributed by atoms with Gasteiger partial charge in [-0.3, -0.25) is 14.7 Å². The van der Waals surface area contributed by atoms with Gasteiger partial charge in [-0.15, -0.1) is 10.2 Å². The van der Waals surface area contributed by atoms with Crippen LogP contribution >= 0.6 is 11.8 Å². The van der Waals surface area contributed by atoms with Crippen LogP contribution < -0.4 is 4.90 Å². The van der Waals surface area contributed by atoms with Crippen LogP contribution in [0, 0.1) is 17.0 Å². The van der Waals surface area contributed by atoms with E-state index in [1.165, 1.54) is 36.1 Å². The SMILES string of the molecule is Cc1ccc(-n2c(Sc3ncc([N+](=O)[O-])cn3)nnc2N2CCCCC2)cc1. The third kappa shape index (κ3) is 3.81. The van der Waals surface area contributed by atoms with E-state index in [4.69, 9.17) is 0 Å². The number of piperidine rings is 1. The second kappa shape index (κ2) is 7.93. The Hall–Kier alpha value is -3.01. The Morgan fingerprint density at radius 1 is 1.04 bits per heavy atom. The highest BCUT2D eigenvalue weighted by atomic mass is 32.2. The fraction of sp³-hybridized carbons (Fsp3) is 0.333. The maximum atomic E-state index is 10.8. The zero-order valence-electron chi connectivity index (χ0n) is 15.4. The summed E-state index contributed by atoms with van der Waals surface area (Å²) in [5, 5.41) is 20.6. The normalized spacial score (nSPS) is 14.2. The molecule has 1 aliphatic rings. The van der Waals surface area contributed by atoms with E-state index in [0.717, 1.165) is 37.6 Å². The first-order chi connectivity index (χ1) is 13.6. The molecule has 2 aromatic heterocycles. The number of hydrogen-bond acceptors (Lipinski definition) is 8. The molecule has 0 spiro atoms. The van der Waals surface area contributed by atoms with Crippen molar-refractivity contribution in [1.29, 1.82) is 0 Å². The minimum atomic E-state index is -0.516. The summed E-state index contributed by atoms with van der Waals surface area (Å²) in [6.07, 6.45) is 5.90. The van der Waals surface area contributed by atoms with Crippen LogP contribution in [0.3, 0.4) is 0 Å². The lowest BCUT2D eigenvalue weighted by Gasteiger charge is -2.27. The average Bonchev–Trinajstić information content (AvgIpc) is 3.13. The Morgan fingerprint density at radius 2 is 1.71 bits per heavy atom. The Bertz CT molecular complexity index is 967. The molecule has 9 nitrogen and oxygen atoms in total. The van der Waals surface area contributed by atoms with Crippen molar-refractivity contribution in [3.05, 3.63) is 52.3 Å². The lowest BCUT2D eigenvalue weighted by Crippen LogP contribution is -2.31. The Kier molecular flexibility index (Phi) is 5.20. The summed E-state index contributed by atoms with van der Waals surface area (Å²) in [6.45, 7) is 3.94. The Balaban J connectivity index is 1.70. The third-order valence-electron chi connectivity index (χ3n) is 4.56. The molecule has 0 amide bonds. The fourth-order valence-corrected chi connectivity index (χ4v) is 3.82. The van der Waals surface area contributed by atoms with Crippen molar-refractivity contribution < 1.29 is 4.92 Å². The summed E-state index contributed by atoms with van der Waals surface area (Å²) in [7, 11) is 0. The van der Waals surface area contributed by atoms with Crippen molar-refractivity contribution >= 4 is 23.4 Å². The standard InChI is InChI=1S/C18H19N7O2S/c1-13-5-7-14(8-6-13)24-17(23-9-3-2-4-10-23)21-22-18(24)28-16-19-11-15(12-20-16)25(26)27/h5-8,11-12H,2-4,9-10H2,1H3. The Labute approximate surface area is 166 Å². The van der Waals surface area contributed by atoms with E-state index in [0.29, 0.717) is 10.3 Å². The van der Waals surface area contributed by atoms with E-state index >= 15 is 0 Å². The molecule has 0 radical (unpaired) electrons. The van der Waals surface area contributed by atoms with E-state index in [2.05, 4.69) is 25.1 Å². The molecule has 3 aromatic rings. The number of nitro groups is 1. The lowest BCUT2D eigenvalue weighted by atomic mass is 10.1. The van der Waals surface area contributed by atoms with Crippen molar-refractivity contribution in [2.45, 2.75) is 36.5 Å². The van der Waals surface area contributed by atoms with Gasteiger partial charge < -0.3 is 4.90 Å². The van der Waals surface area contributed by atoms with Crippen LogP contribution in [0.1, 0.15) is 24.8 Å². The van der Waals surface area contributed by atoms with Crippen LogP contribution in [-0.4, -0.2) is 42.7 Å². The second-order valence-electron chi connectivity index (χ2n) is 6.58. The van der Waals surface area contributed by atoms with E-state index in [1.807, 2.05) is 35.8 Å². The van der Waals surface area contributed by atoms with E-state index < -0.39 is 4.92 Å². The molecule has 144 valence electrons. The molecule has 4 rings (SSSR count). The van der Waals surface area contributed by atoms with E-state index in [9.17, 15) is 10.1 Å². The highest BCUT2D eigenvalue weighted by Crippen LogP contribution is 2.31. The van der Waals surface area contributed by atoms with Crippen LogP contribution in [0.2, 0.25) is 0 Å². The zero-order chi connectivity index (χ0) is 19.5. The highest BCUT2D eigenvalue weighted by molar-refractivity contribution is 7.99. The summed E-state index contributed by atoms with van der Waals surface area (Å²) in [4.78, 5) is 20.7. The van der Waals surface area contributed by atoms with Gasteiger partial charge in [0.1, 0.15) is 12.4 Å². The molecule has 1 aliphatic heterocycles. The van der Waals surface area contributed by atoms with Gasteiger partial charge in [0.2, 0.25) is 11.1 Å². The van der Waals surface area contributed by atoms with Crippen molar-refractivity contribution in [2.75, 3.05) is 18.0 Å². The molecule has 10 heteroatoms. The summed E-state index contributed by atoms with van der Waals surface area (Å²) in [5.74, 6) is 0.799. The monoisotopic (exact) mass is 397 g/mol. The van der Waals surface area contributed by atoms with Gasteiger partial charge in [0.25, 0.3) is 0 Å². The van der Waals surface area contributed by atoms with Crippen molar-refractivity contribution in [2.24, 2.45) is 0 Å². The molecule has 0 aliphatic carbocycles. The molecule has 1 saturated heterocycles. The number of aromatic nitrogens is 5. The maximum Gasteiger partial charge on any atom is 0.305 e. The summed E-state index contributed by atoms with van der Waals surface area (Å²) >= 11 is 1.24. The molecule has 0 bridgehead atoms. The van der Waals surface area contributed by atoms with Gasteiger partial charge in [0.15, 0.2) is 5.16 Å². The number of aryl methyl sites for hydroxylation is 1. The largest absolute Gasteiger partial charge is 0.341 e. The molecule has 0 atom stereocenters. The number of nitrogens with zero attached hydrogens (tertiary/aromatic N) is 7. The van der Waals surface area contributed by atoms with Gasteiger partial charge >= 0.3 is 5.69 Å². The van der Waals surface area contributed by atoms with E-state index in [1.54, 1.807) is 0 Å². The van der Waals surface area contributed by atoms with Gasteiger partial charge in [-0.1, -0.05) is 17.7 Å². The quantitative estimate of drug-likeness (QED) is 0.366. The molecule has 1 fully saturated rings. The van der Waals surface area contributed by atoms with Crippen molar-refractivity contribution in [3.8, 4) is 5.69 Å². The highest BCUT2D eigenvalue weighted by Gasteiger charge is 2.22. The number of anilines is 1. The van der Waals surface area contributed by atoms with Crippen molar-refractivity contribution in [3.63, 3.8) is 0 Å². The molecule has 0 unspecified atom stereocenters. The van der Waals surface area contributed by atoms with E-state index in [-0.39, 0.29) is 5.69 Å². The molecular formula is C18H19N7O2S. The first-order valence-electron chi connectivity index (χ1n) is 9.03. The van der Waals surface area contributed by atoms with Gasteiger partial charge in [0.05, 0.1) is 10.6 Å². The lowest BCUT2D eigenvalue weighted by molar-refractivity contribution is -0.385. The minimum absolute atomic E-state index is 0.140. The predicted octanol–water partition coefficient (Wildman–Crippen LogP) is 3.42. The van der Waals surface area contributed by atoms with Crippen LogP contribution in [0.5, 0.6) is 0 Å². The summed E-state index contributed by atoms with van der Waals surface area (Å²) in [5.41, 5.74) is 1.99. The van der Waals surface area contributed by atoms with Crippen LogP contribution in [0.15, 0.2) is 47.0 Å². The average molecular weight is 397 g/mol. The Morgan fingerprint density at radius 3 is 2.36 bits per heavy atom. The van der Waals surface area contributed by atoms with Gasteiger partial charge in [0, 0.05) is 13.1 Å². The molecule has 0 saturated carbocycles. The number of rotatable bonds is 5. The van der Waals surface area contributed by atoms with Crippen LogP contribution in [0.4, 0.5) is 11.6 Å². The second-order valence-corrected chi connectivity index (χ2v) is 7.52. The summed E-state index contributed by atoms with van der Waals surface area (Å²) in [6, 6.07) is 8.16. The first-order valence-corrected chi connectivity index (χ1v) is 9.85.